The number of methoxy groups -OCH3 is 1. The van der Waals surface area contributed by atoms with Gasteiger partial charge in [0.15, 0.2) is 5.82 Å². The maximum Gasteiger partial charge on any atom is 0.293 e. The first-order valence-corrected chi connectivity index (χ1v) is 6.03. The van der Waals surface area contributed by atoms with Crippen LogP contribution in [0.2, 0.25) is 0 Å². The molecule has 2 aromatic heterocycles. The van der Waals surface area contributed by atoms with Crippen LogP contribution in [0, 0.1) is 0 Å². The summed E-state index contributed by atoms with van der Waals surface area (Å²) in [4.78, 5) is 20.1. The fraction of sp³-hybridized carbons (Fsp3) is 0.308. The van der Waals surface area contributed by atoms with Crippen LogP contribution >= 0.6 is 0 Å². The minimum atomic E-state index is -0.132. The maximum absolute atomic E-state index is 12.0. The van der Waals surface area contributed by atoms with Crippen molar-refractivity contribution in [3.63, 3.8) is 0 Å². The Morgan fingerprint density at radius 2 is 2.21 bits per heavy atom. The lowest BCUT2D eigenvalue weighted by Gasteiger charge is -2.09. The summed E-state index contributed by atoms with van der Waals surface area (Å²) in [5.41, 5.74) is 0.742. The lowest BCUT2D eigenvalue weighted by atomic mass is 10.2. The molecule has 0 saturated heterocycles. The molecule has 0 unspecified atom stereocenters. The summed E-state index contributed by atoms with van der Waals surface area (Å²) < 4.78 is 6.75. The molecule has 0 atom stereocenters. The number of nitrogens with one attached hydrogen (secondary N) is 1. The van der Waals surface area contributed by atoms with Crippen LogP contribution in [-0.2, 0) is 13.1 Å². The molecule has 2 rings (SSSR count). The fourth-order valence-electron chi connectivity index (χ4n) is 1.74. The number of aryl methyl sites for hydroxylation is 1. The quantitative estimate of drug-likeness (QED) is 0.877. The van der Waals surface area contributed by atoms with Crippen molar-refractivity contribution in [1.29, 1.82) is 0 Å². The molecular formula is C13H16N4O2. The van der Waals surface area contributed by atoms with Gasteiger partial charge in [-0.05, 0) is 13.0 Å². The van der Waals surface area contributed by atoms with E-state index in [9.17, 15) is 4.79 Å². The van der Waals surface area contributed by atoms with Crippen LogP contribution in [-0.4, -0.2) is 21.6 Å². The zero-order valence-electron chi connectivity index (χ0n) is 11.0. The molecule has 2 heterocycles. The number of nitrogens with zero attached hydrogens (tertiary/aromatic N) is 3. The number of rotatable bonds is 5. The van der Waals surface area contributed by atoms with Crippen LogP contribution < -0.4 is 15.6 Å². The van der Waals surface area contributed by atoms with E-state index in [1.807, 2.05) is 19.1 Å². The second-order valence-corrected chi connectivity index (χ2v) is 3.89. The average Bonchev–Trinajstić information content (AvgIpc) is 2.46. The Kier molecular flexibility index (Phi) is 4.12. The number of ether oxygens (including phenoxy) is 1. The molecule has 100 valence electrons. The topological polar surface area (TPSA) is 69.0 Å². The van der Waals surface area contributed by atoms with Crippen LogP contribution in [0.3, 0.4) is 0 Å². The highest BCUT2D eigenvalue weighted by Crippen LogP contribution is 2.14. The van der Waals surface area contributed by atoms with Crippen molar-refractivity contribution in [1.82, 2.24) is 14.5 Å². The lowest BCUT2D eigenvalue weighted by molar-refractivity contribution is 0.393. The fourth-order valence-corrected chi connectivity index (χ4v) is 1.74. The van der Waals surface area contributed by atoms with Gasteiger partial charge in [0.05, 0.1) is 7.11 Å². The van der Waals surface area contributed by atoms with E-state index in [0.29, 0.717) is 24.8 Å². The molecule has 0 spiro atoms. The second kappa shape index (κ2) is 5.99. The van der Waals surface area contributed by atoms with Gasteiger partial charge >= 0.3 is 0 Å². The van der Waals surface area contributed by atoms with Gasteiger partial charge in [-0.2, -0.15) is 0 Å². The summed E-state index contributed by atoms with van der Waals surface area (Å²) in [6.07, 6.45) is 4.93. The zero-order valence-corrected chi connectivity index (χ0v) is 11.0. The predicted molar refractivity (Wildman–Crippen MR) is 72.3 cm³/mol. The molecule has 0 aliphatic rings. The largest absolute Gasteiger partial charge is 0.481 e. The van der Waals surface area contributed by atoms with Gasteiger partial charge in [-0.25, -0.2) is 9.97 Å². The molecule has 6 nitrogen and oxygen atoms in total. The van der Waals surface area contributed by atoms with Crippen molar-refractivity contribution in [3.8, 4) is 5.88 Å². The molecule has 0 bridgehead atoms. The van der Waals surface area contributed by atoms with Gasteiger partial charge in [0.25, 0.3) is 5.56 Å². The molecule has 0 aromatic carbocycles. The van der Waals surface area contributed by atoms with E-state index < -0.39 is 0 Å². The van der Waals surface area contributed by atoms with Crippen molar-refractivity contribution < 1.29 is 4.74 Å². The summed E-state index contributed by atoms with van der Waals surface area (Å²) >= 11 is 0. The van der Waals surface area contributed by atoms with Crippen molar-refractivity contribution in [2.45, 2.75) is 20.0 Å². The number of hydrogen-bond donors (Lipinski definition) is 1. The molecule has 0 saturated carbocycles. The summed E-state index contributed by atoms with van der Waals surface area (Å²) in [6.45, 7) is 2.97. The number of hydrogen-bond acceptors (Lipinski definition) is 5. The lowest BCUT2D eigenvalue weighted by Crippen LogP contribution is -2.23. The number of pyridine rings is 1. The van der Waals surface area contributed by atoms with E-state index in [2.05, 4.69) is 15.3 Å². The second-order valence-electron chi connectivity index (χ2n) is 3.89. The van der Waals surface area contributed by atoms with Gasteiger partial charge < -0.3 is 14.6 Å². The van der Waals surface area contributed by atoms with Gasteiger partial charge in [0.2, 0.25) is 5.88 Å². The molecule has 2 aromatic rings. The highest BCUT2D eigenvalue weighted by molar-refractivity contribution is 5.35. The van der Waals surface area contributed by atoms with Crippen molar-refractivity contribution in [2.75, 3.05) is 12.4 Å². The molecule has 0 fully saturated rings. The third-order valence-electron chi connectivity index (χ3n) is 2.74. The maximum atomic E-state index is 12.0. The normalized spacial score (nSPS) is 10.2. The SMILES string of the molecule is CCn1ccnc(NCc2cccnc2OC)c1=O. The Hall–Kier alpha value is -2.37. The minimum absolute atomic E-state index is 0.132. The van der Waals surface area contributed by atoms with Crippen LogP contribution in [0.1, 0.15) is 12.5 Å². The van der Waals surface area contributed by atoms with Crippen molar-refractivity contribution in [3.05, 3.63) is 46.6 Å². The van der Waals surface area contributed by atoms with Crippen molar-refractivity contribution >= 4 is 5.82 Å². The third kappa shape index (κ3) is 2.90. The summed E-state index contributed by atoms with van der Waals surface area (Å²) in [5.74, 6) is 0.872. The Balaban J connectivity index is 2.17. The molecule has 0 amide bonds. The zero-order chi connectivity index (χ0) is 13.7. The molecule has 0 radical (unpaired) electrons. The highest BCUT2D eigenvalue weighted by atomic mass is 16.5. The predicted octanol–water partition coefficient (Wildman–Crippen LogP) is 1.28. The number of anilines is 1. The molecule has 0 aliphatic heterocycles. The van der Waals surface area contributed by atoms with E-state index >= 15 is 0 Å². The molecule has 19 heavy (non-hydrogen) atoms. The first-order chi connectivity index (χ1) is 9.26. The molecule has 1 N–H and O–H groups in total. The highest BCUT2D eigenvalue weighted by Gasteiger charge is 2.06. The Morgan fingerprint density at radius 1 is 1.37 bits per heavy atom. The van der Waals surface area contributed by atoms with Gasteiger partial charge in [-0.3, -0.25) is 4.79 Å². The van der Waals surface area contributed by atoms with Crippen LogP contribution in [0.5, 0.6) is 5.88 Å². The Labute approximate surface area is 111 Å². The first kappa shape index (κ1) is 13.1. The Bertz CT molecular complexity index is 610. The molecule has 6 heteroatoms. The van der Waals surface area contributed by atoms with Gasteiger partial charge in [-0.1, -0.05) is 6.07 Å². The summed E-state index contributed by atoms with van der Waals surface area (Å²) in [5, 5.41) is 3.01. The average molecular weight is 260 g/mol. The standard InChI is InChI=1S/C13H16N4O2/c1-3-17-8-7-14-11(13(17)18)16-9-10-5-4-6-15-12(10)19-2/h4-8H,3,9H2,1-2H3,(H,14,16). The van der Waals surface area contributed by atoms with Crippen LogP contribution in [0.4, 0.5) is 5.82 Å². The van der Waals surface area contributed by atoms with Gasteiger partial charge in [0, 0.05) is 37.2 Å². The smallest absolute Gasteiger partial charge is 0.293 e. The van der Waals surface area contributed by atoms with Gasteiger partial charge in [0.1, 0.15) is 0 Å². The van der Waals surface area contributed by atoms with E-state index in [-0.39, 0.29) is 5.56 Å². The Morgan fingerprint density at radius 3 is 2.95 bits per heavy atom. The van der Waals surface area contributed by atoms with Crippen molar-refractivity contribution in [2.24, 2.45) is 0 Å². The minimum Gasteiger partial charge on any atom is -0.481 e. The third-order valence-corrected chi connectivity index (χ3v) is 2.74. The monoisotopic (exact) mass is 260 g/mol. The summed E-state index contributed by atoms with van der Waals surface area (Å²) in [6, 6.07) is 3.71. The molecular weight excluding hydrogens is 244 g/mol. The van der Waals surface area contributed by atoms with Gasteiger partial charge in [-0.15, -0.1) is 0 Å². The molecule has 0 aliphatic carbocycles. The van der Waals surface area contributed by atoms with Crippen LogP contribution in [0.25, 0.3) is 0 Å². The summed E-state index contributed by atoms with van der Waals surface area (Å²) in [7, 11) is 1.57. The number of aromatic nitrogens is 3. The van der Waals surface area contributed by atoms with E-state index in [4.69, 9.17) is 4.74 Å². The van der Waals surface area contributed by atoms with E-state index in [1.165, 1.54) is 0 Å². The first-order valence-electron chi connectivity index (χ1n) is 6.03. The van der Waals surface area contributed by atoms with Crippen LogP contribution in [0.15, 0.2) is 35.5 Å². The van der Waals surface area contributed by atoms with E-state index in [0.717, 1.165) is 5.56 Å². The van der Waals surface area contributed by atoms with E-state index in [1.54, 1.807) is 30.3 Å².